The molecule has 4 nitrogen and oxygen atoms in total. The molecule has 0 bridgehead atoms. The minimum atomic E-state index is -0.491. The first-order chi connectivity index (χ1) is 11.1. The Hall–Kier alpha value is -1.30. The van der Waals surface area contributed by atoms with E-state index in [1.807, 2.05) is 58.0 Å². The lowest BCUT2D eigenvalue weighted by atomic mass is 9.77. The van der Waals surface area contributed by atoms with Gasteiger partial charge in [0.2, 0.25) is 5.91 Å². The molecule has 1 saturated heterocycles. The van der Waals surface area contributed by atoms with E-state index >= 15 is 0 Å². The molecule has 0 spiro atoms. The van der Waals surface area contributed by atoms with Crippen molar-refractivity contribution in [2.24, 2.45) is 0 Å². The van der Waals surface area contributed by atoms with Gasteiger partial charge in [-0.3, -0.25) is 4.79 Å². The minimum Gasteiger partial charge on any atom is -0.400 e. The van der Waals surface area contributed by atoms with Crippen LogP contribution in [0.2, 0.25) is 0 Å². The van der Waals surface area contributed by atoms with Crippen molar-refractivity contribution in [3.8, 4) is 0 Å². The van der Waals surface area contributed by atoms with Crippen LogP contribution in [-0.2, 0) is 20.0 Å². The van der Waals surface area contributed by atoms with Gasteiger partial charge in [-0.05, 0) is 44.3 Å². The molecule has 24 heavy (non-hydrogen) atoms. The Kier molecular flexibility index (Phi) is 5.79. The van der Waals surface area contributed by atoms with Crippen molar-refractivity contribution in [2.75, 3.05) is 6.54 Å². The van der Waals surface area contributed by atoms with Crippen LogP contribution in [0.3, 0.4) is 0 Å². The monoisotopic (exact) mass is 349 g/mol. The van der Waals surface area contributed by atoms with Crippen molar-refractivity contribution in [1.82, 2.24) is 5.32 Å². The summed E-state index contributed by atoms with van der Waals surface area (Å²) in [5, 5.41) is 2.83. The Balaban J connectivity index is 2.27. The number of amides is 1. The molecule has 130 valence electrons. The van der Waals surface area contributed by atoms with Crippen LogP contribution in [0.25, 0.3) is 6.08 Å². The molecule has 1 fully saturated rings. The first kappa shape index (κ1) is 19.0. The fourth-order valence-corrected chi connectivity index (χ4v) is 2.52. The maximum Gasteiger partial charge on any atom is 0.492 e. The lowest BCUT2D eigenvalue weighted by Gasteiger charge is -2.32. The van der Waals surface area contributed by atoms with Gasteiger partial charge in [0, 0.05) is 19.3 Å². The number of rotatable bonds is 5. The third kappa shape index (κ3) is 4.41. The molecule has 0 atom stereocenters. The van der Waals surface area contributed by atoms with E-state index in [0.29, 0.717) is 12.4 Å². The van der Waals surface area contributed by atoms with Gasteiger partial charge in [-0.1, -0.05) is 30.3 Å². The lowest BCUT2D eigenvalue weighted by molar-refractivity contribution is -0.118. The molecule has 1 amide bonds. The molecular weight excluding hydrogens is 324 g/mol. The summed E-state index contributed by atoms with van der Waals surface area (Å²) in [4.78, 5) is 11.3. The largest absolute Gasteiger partial charge is 0.492 e. The first-order valence-electron chi connectivity index (χ1n) is 8.10. The summed E-state index contributed by atoms with van der Waals surface area (Å²) < 4.78 is 12.2. The molecule has 0 aliphatic carbocycles. The zero-order valence-electron chi connectivity index (χ0n) is 15.0. The van der Waals surface area contributed by atoms with Gasteiger partial charge < -0.3 is 14.6 Å². The van der Waals surface area contributed by atoms with E-state index < -0.39 is 18.3 Å². The van der Waals surface area contributed by atoms with E-state index in [1.54, 1.807) is 0 Å². The second-order valence-corrected chi connectivity index (χ2v) is 7.36. The van der Waals surface area contributed by atoms with Crippen molar-refractivity contribution >= 4 is 30.7 Å². The second-order valence-electron chi connectivity index (χ2n) is 7.09. The fourth-order valence-electron chi connectivity index (χ4n) is 2.34. The zero-order chi connectivity index (χ0) is 18.0. The van der Waals surface area contributed by atoms with Crippen molar-refractivity contribution in [3.05, 3.63) is 40.9 Å². The summed E-state index contributed by atoms with van der Waals surface area (Å²) in [5.74, 6) is 0.398. The van der Waals surface area contributed by atoms with Gasteiger partial charge in [-0.25, -0.2) is 0 Å². The Morgan fingerprint density at radius 3 is 2.17 bits per heavy atom. The minimum absolute atomic E-state index is 0.0881. The molecule has 1 aliphatic rings. The molecule has 2 rings (SSSR count). The van der Waals surface area contributed by atoms with Gasteiger partial charge in [0.15, 0.2) is 0 Å². The van der Waals surface area contributed by atoms with Gasteiger partial charge in [0.1, 0.15) is 0 Å². The maximum absolute atomic E-state index is 11.3. The SMILES string of the molecule is CC(=O)NCC(=Cc1ccc(CCl)cc1)B1OC(C)(C)C(C)(C)O1. The molecule has 0 aromatic heterocycles. The third-order valence-corrected chi connectivity index (χ3v) is 4.89. The number of alkyl halides is 1. The van der Waals surface area contributed by atoms with Crippen LogP contribution < -0.4 is 5.32 Å². The summed E-state index contributed by atoms with van der Waals surface area (Å²) in [5.41, 5.74) is 2.11. The van der Waals surface area contributed by atoms with Crippen LogP contribution in [-0.4, -0.2) is 30.8 Å². The van der Waals surface area contributed by atoms with E-state index in [4.69, 9.17) is 20.9 Å². The highest BCUT2D eigenvalue weighted by atomic mass is 35.5. The number of benzene rings is 1. The van der Waals surface area contributed by atoms with Crippen molar-refractivity contribution < 1.29 is 14.1 Å². The first-order valence-corrected chi connectivity index (χ1v) is 8.63. The highest BCUT2D eigenvalue weighted by Gasteiger charge is 2.52. The van der Waals surface area contributed by atoms with Crippen LogP contribution in [0.15, 0.2) is 29.7 Å². The van der Waals surface area contributed by atoms with E-state index in [0.717, 1.165) is 16.6 Å². The Bertz CT molecular complexity index is 610. The van der Waals surface area contributed by atoms with Crippen molar-refractivity contribution in [3.63, 3.8) is 0 Å². The number of hydrogen-bond donors (Lipinski definition) is 1. The van der Waals surface area contributed by atoms with E-state index in [2.05, 4.69) is 5.32 Å². The molecule has 1 aliphatic heterocycles. The predicted molar refractivity (Wildman–Crippen MR) is 98.7 cm³/mol. The van der Waals surface area contributed by atoms with E-state index in [9.17, 15) is 4.79 Å². The molecule has 1 aromatic rings. The molecule has 0 radical (unpaired) electrons. The normalized spacial score (nSPS) is 19.4. The Labute approximate surface area is 149 Å². The second kappa shape index (κ2) is 7.30. The topological polar surface area (TPSA) is 47.6 Å². The number of carbonyl (C=O) groups excluding carboxylic acids is 1. The molecule has 0 unspecified atom stereocenters. The van der Waals surface area contributed by atoms with Crippen LogP contribution in [0.5, 0.6) is 0 Å². The standard InChI is InChI=1S/C18H25BClNO3/c1-13(22)21-12-16(10-14-6-8-15(11-20)9-7-14)19-23-17(2,3)18(4,5)24-19/h6-10H,11-12H2,1-5H3,(H,21,22). The smallest absolute Gasteiger partial charge is 0.400 e. The summed E-state index contributed by atoms with van der Waals surface area (Å²) in [7, 11) is -0.491. The third-order valence-electron chi connectivity index (χ3n) is 4.58. The Morgan fingerprint density at radius 1 is 1.17 bits per heavy atom. The van der Waals surface area contributed by atoms with Gasteiger partial charge in [-0.15, -0.1) is 11.6 Å². The highest BCUT2D eigenvalue weighted by molar-refractivity contribution is 6.56. The molecule has 1 aromatic carbocycles. The van der Waals surface area contributed by atoms with Gasteiger partial charge >= 0.3 is 7.12 Å². The fraction of sp³-hybridized carbons (Fsp3) is 0.500. The zero-order valence-corrected chi connectivity index (χ0v) is 15.7. The van der Waals surface area contributed by atoms with Gasteiger partial charge in [0.05, 0.1) is 11.2 Å². The average molecular weight is 350 g/mol. The summed E-state index contributed by atoms with van der Waals surface area (Å²) in [6.07, 6.45) is 2.00. The van der Waals surface area contributed by atoms with Crippen molar-refractivity contribution in [2.45, 2.75) is 51.7 Å². The summed E-state index contributed by atoms with van der Waals surface area (Å²) in [6, 6.07) is 7.96. The average Bonchev–Trinajstić information content (AvgIpc) is 2.72. The van der Waals surface area contributed by atoms with Gasteiger partial charge in [-0.2, -0.15) is 0 Å². The van der Waals surface area contributed by atoms with Gasteiger partial charge in [0.25, 0.3) is 0 Å². The number of hydrogen-bond acceptors (Lipinski definition) is 3. The Morgan fingerprint density at radius 2 is 1.71 bits per heavy atom. The quantitative estimate of drug-likeness (QED) is 0.653. The molecule has 6 heteroatoms. The van der Waals surface area contributed by atoms with Crippen LogP contribution in [0.1, 0.15) is 45.7 Å². The number of halogens is 1. The van der Waals surface area contributed by atoms with Crippen LogP contribution in [0.4, 0.5) is 0 Å². The van der Waals surface area contributed by atoms with E-state index in [1.165, 1.54) is 6.92 Å². The predicted octanol–water partition coefficient (Wildman–Crippen LogP) is 3.58. The maximum atomic E-state index is 11.3. The van der Waals surface area contributed by atoms with Crippen LogP contribution in [0, 0.1) is 0 Å². The number of carbonyl (C=O) groups is 1. The lowest BCUT2D eigenvalue weighted by Crippen LogP contribution is -2.41. The number of nitrogens with one attached hydrogen (secondary N) is 1. The summed E-state index contributed by atoms with van der Waals surface area (Å²) >= 11 is 5.83. The summed E-state index contributed by atoms with van der Waals surface area (Å²) in [6.45, 7) is 9.92. The molecule has 0 saturated carbocycles. The van der Waals surface area contributed by atoms with Crippen molar-refractivity contribution in [1.29, 1.82) is 0 Å². The van der Waals surface area contributed by atoms with E-state index in [-0.39, 0.29) is 5.91 Å². The van der Waals surface area contributed by atoms with Crippen LogP contribution >= 0.6 is 11.6 Å². The molecular formula is C18H25BClNO3. The highest BCUT2D eigenvalue weighted by Crippen LogP contribution is 2.38. The molecule has 1 heterocycles. The molecule has 1 N–H and O–H groups in total.